The van der Waals surface area contributed by atoms with E-state index in [0.717, 1.165) is 19.3 Å². The first-order chi connectivity index (χ1) is 16.4. The van der Waals surface area contributed by atoms with Crippen LogP contribution in [0.5, 0.6) is 0 Å². The van der Waals surface area contributed by atoms with Crippen molar-refractivity contribution in [2.45, 2.75) is 66.3 Å². The molecule has 34 heavy (non-hydrogen) atoms. The molecule has 0 radical (unpaired) electrons. The van der Waals surface area contributed by atoms with Gasteiger partial charge in [0.2, 0.25) is 11.8 Å². The Hall–Kier alpha value is -1.32. The lowest BCUT2D eigenvalue weighted by molar-refractivity contribution is -0.154. The molecule has 0 aromatic heterocycles. The summed E-state index contributed by atoms with van der Waals surface area (Å²) in [5, 5.41) is 9.35. The van der Waals surface area contributed by atoms with Gasteiger partial charge in [-0.2, -0.15) is 0 Å². The summed E-state index contributed by atoms with van der Waals surface area (Å²) >= 11 is 5.36. The van der Waals surface area contributed by atoms with Gasteiger partial charge >= 0.3 is 5.97 Å². The van der Waals surface area contributed by atoms with Crippen LogP contribution >= 0.6 is 27.7 Å². The number of rotatable bonds is 14. The monoisotopic (exact) mass is 556 g/mol. The molecule has 0 aromatic carbocycles. The topological polar surface area (TPSA) is 87.2 Å². The highest BCUT2D eigenvalue weighted by molar-refractivity contribution is 9.09. The molecule has 6 atom stereocenters. The number of nitrogens with zero attached hydrogens (tertiary/aromatic N) is 2. The standard InChI is InChI=1S/C25H37BrN2O5S/c1-4-7-9-12-27(11-6-3)23(31)21-25-16-17(26)20(34-25)18(24(32)33-15-8-5-2)19(25)22(30)28(21)13-10-14-29/h5-6,17-21,29H,2-4,7-16H2,1H3/t17?,18-,19+,20-,21?,25?/m1/s1. The molecular weight excluding hydrogens is 520 g/mol. The number of hydrogen-bond donors (Lipinski definition) is 1. The van der Waals surface area contributed by atoms with E-state index in [9.17, 15) is 19.5 Å². The second kappa shape index (κ2) is 12.1. The van der Waals surface area contributed by atoms with Gasteiger partial charge in [-0.3, -0.25) is 14.4 Å². The van der Waals surface area contributed by atoms with Gasteiger partial charge in [0.05, 0.1) is 23.2 Å². The normalized spacial score (nSPS) is 31.4. The van der Waals surface area contributed by atoms with E-state index in [4.69, 9.17) is 4.74 Å². The third-order valence-corrected chi connectivity index (χ3v) is 10.3. The lowest BCUT2D eigenvalue weighted by Crippen LogP contribution is -2.55. The molecule has 0 aromatic rings. The third kappa shape index (κ3) is 4.98. The van der Waals surface area contributed by atoms with Crippen molar-refractivity contribution in [2.24, 2.45) is 11.8 Å². The van der Waals surface area contributed by atoms with Crippen molar-refractivity contribution < 1.29 is 24.2 Å². The fraction of sp³-hybridized carbons (Fsp3) is 0.720. The molecule has 1 spiro atoms. The van der Waals surface area contributed by atoms with E-state index in [1.165, 1.54) is 0 Å². The Kier molecular flexibility index (Phi) is 9.69. The second-order valence-corrected chi connectivity index (χ2v) is 12.0. The summed E-state index contributed by atoms with van der Waals surface area (Å²) in [7, 11) is 0. The molecule has 3 fully saturated rings. The molecule has 9 heteroatoms. The third-order valence-electron chi connectivity index (χ3n) is 7.11. The molecule has 0 aliphatic carbocycles. The van der Waals surface area contributed by atoms with Crippen LogP contribution in [0.4, 0.5) is 0 Å². The lowest BCUT2D eigenvalue weighted by atomic mass is 9.71. The number of thioether (sulfide) groups is 1. The lowest BCUT2D eigenvalue weighted by Gasteiger charge is -2.37. The number of amides is 2. The minimum Gasteiger partial charge on any atom is -0.465 e. The Morgan fingerprint density at radius 2 is 2.09 bits per heavy atom. The highest BCUT2D eigenvalue weighted by Gasteiger charge is 2.76. The Morgan fingerprint density at radius 3 is 2.74 bits per heavy atom. The Balaban J connectivity index is 1.95. The van der Waals surface area contributed by atoms with Crippen molar-refractivity contribution in [3.05, 3.63) is 25.3 Å². The van der Waals surface area contributed by atoms with E-state index in [1.807, 2.05) is 0 Å². The van der Waals surface area contributed by atoms with Crippen LogP contribution in [-0.4, -0.2) is 86.4 Å². The molecule has 3 heterocycles. The summed E-state index contributed by atoms with van der Waals surface area (Å²) in [4.78, 5) is 44.4. The largest absolute Gasteiger partial charge is 0.465 e. The summed E-state index contributed by atoms with van der Waals surface area (Å²) in [5.74, 6) is -1.81. The van der Waals surface area contributed by atoms with E-state index < -0.39 is 22.6 Å². The molecule has 3 aliphatic rings. The number of carbonyl (C=O) groups excluding carboxylic acids is 3. The number of unbranched alkanes of at least 4 members (excludes halogenated alkanes) is 2. The van der Waals surface area contributed by atoms with E-state index in [0.29, 0.717) is 32.4 Å². The highest BCUT2D eigenvalue weighted by Crippen LogP contribution is 2.68. The maximum Gasteiger partial charge on any atom is 0.310 e. The van der Waals surface area contributed by atoms with Gasteiger partial charge in [0.25, 0.3) is 0 Å². The second-order valence-electron chi connectivity index (χ2n) is 9.30. The molecule has 3 saturated heterocycles. The molecule has 3 unspecified atom stereocenters. The molecule has 0 saturated carbocycles. The number of fused-ring (bicyclic) bond motifs is 1. The summed E-state index contributed by atoms with van der Waals surface area (Å²) in [6.45, 7) is 11.1. The highest BCUT2D eigenvalue weighted by atomic mass is 79.9. The number of aliphatic hydroxyl groups is 1. The molecule has 3 aliphatic heterocycles. The maximum atomic E-state index is 14.0. The van der Waals surface area contributed by atoms with Gasteiger partial charge in [-0.1, -0.05) is 47.8 Å². The minimum absolute atomic E-state index is 0.0135. The number of esters is 1. The van der Waals surface area contributed by atoms with Gasteiger partial charge in [0.15, 0.2) is 0 Å². The van der Waals surface area contributed by atoms with Crippen molar-refractivity contribution in [3.63, 3.8) is 0 Å². The van der Waals surface area contributed by atoms with E-state index in [1.54, 1.807) is 33.7 Å². The average molecular weight is 558 g/mol. The SMILES string of the molecule is C=CCCOC(=O)[C@H]1[C@@H]2SC3(CC2Br)C(C(=O)N(CC=C)CCCCC)N(CCCO)C(=O)[C@H]13. The first-order valence-corrected chi connectivity index (χ1v) is 14.1. The number of ether oxygens (including phenoxy) is 1. The van der Waals surface area contributed by atoms with Gasteiger partial charge in [-0.15, -0.1) is 24.9 Å². The number of likely N-dealkylation sites (tertiary alicyclic amines) is 1. The average Bonchev–Trinajstić information content (AvgIpc) is 3.40. The zero-order valence-corrected chi connectivity index (χ0v) is 22.4. The minimum atomic E-state index is -0.686. The van der Waals surface area contributed by atoms with Gasteiger partial charge < -0.3 is 19.6 Å². The first-order valence-electron chi connectivity index (χ1n) is 12.3. The van der Waals surface area contributed by atoms with Crippen LogP contribution < -0.4 is 0 Å². The number of halogens is 1. The van der Waals surface area contributed by atoms with E-state index in [-0.39, 0.29) is 47.6 Å². The van der Waals surface area contributed by atoms with Crippen molar-refractivity contribution in [1.82, 2.24) is 9.80 Å². The first kappa shape index (κ1) is 27.3. The summed E-state index contributed by atoms with van der Waals surface area (Å²) in [6, 6.07) is -0.667. The van der Waals surface area contributed by atoms with E-state index in [2.05, 4.69) is 36.0 Å². The predicted molar refractivity (Wildman–Crippen MR) is 138 cm³/mol. The van der Waals surface area contributed by atoms with Gasteiger partial charge in [-0.25, -0.2) is 0 Å². The molecule has 7 nitrogen and oxygen atoms in total. The van der Waals surface area contributed by atoms with Crippen LogP contribution in [0.25, 0.3) is 0 Å². The zero-order chi connectivity index (χ0) is 24.9. The smallest absolute Gasteiger partial charge is 0.310 e. The van der Waals surface area contributed by atoms with Crippen LogP contribution in [-0.2, 0) is 19.1 Å². The van der Waals surface area contributed by atoms with Crippen LogP contribution in [0.15, 0.2) is 25.3 Å². The molecule has 2 bridgehead atoms. The Labute approximate surface area is 215 Å². The summed E-state index contributed by atoms with van der Waals surface area (Å²) in [6.07, 6.45) is 7.94. The van der Waals surface area contributed by atoms with Crippen LogP contribution in [0, 0.1) is 11.8 Å². The maximum absolute atomic E-state index is 14.0. The van der Waals surface area contributed by atoms with Gasteiger partial charge in [-0.05, 0) is 25.7 Å². The quantitative estimate of drug-likeness (QED) is 0.153. The zero-order valence-electron chi connectivity index (χ0n) is 20.0. The van der Waals surface area contributed by atoms with Gasteiger partial charge in [0.1, 0.15) is 6.04 Å². The van der Waals surface area contributed by atoms with Gasteiger partial charge in [0, 0.05) is 36.3 Å². The van der Waals surface area contributed by atoms with Crippen LogP contribution in [0.1, 0.15) is 45.4 Å². The molecule has 1 N–H and O–H groups in total. The van der Waals surface area contributed by atoms with E-state index >= 15 is 0 Å². The van der Waals surface area contributed by atoms with Crippen molar-refractivity contribution >= 4 is 45.5 Å². The predicted octanol–water partition coefficient (Wildman–Crippen LogP) is 3.16. The molecule has 3 rings (SSSR count). The van der Waals surface area contributed by atoms with Crippen LogP contribution in [0.3, 0.4) is 0 Å². The number of aliphatic hydroxyl groups excluding tert-OH is 1. The number of hydrogen-bond acceptors (Lipinski definition) is 6. The Bertz CT molecular complexity index is 795. The van der Waals surface area contributed by atoms with Crippen LogP contribution in [0.2, 0.25) is 0 Å². The number of carbonyl (C=O) groups is 3. The molecule has 190 valence electrons. The summed E-state index contributed by atoms with van der Waals surface area (Å²) in [5.41, 5.74) is 0. The molecule has 2 amide bonds. The fourth-order valence-electron chi connectivity index (χ4n) is 5.67. The fourth-order valence-corrected chi connectivity index (χ4v) is 9.27. The Morgan fingerprint density at radius 1 is 1.32 bits per heavy atom. The summed E-state index contributed by atoms with van der Waals surface area (Å²) < 4.78 is 4.83. The van der Waals surface area contributed by atoms with Crippen molar-refractivity contribution in [3.8, 4) is 0 Å². The molecular formula is C25H37BrN2O5S. The van der Waals surface area contributed by atoms with Crippen molar-refractivity contribution in [2.75, 3.05) is 32.8 Å². The number of alkyl halides is 1. The van der Waals surface area contributed by atoms with Crippen molar-refractivity contribution in [1.29, 1.82) is 0 Å².